The monoisotopic (exact) mass is 422 g/mol. The van der Waals surface area contributed by atoms with Crippen molar-refractivity contribution < 1.29 is 23.0 Å². The van der Waals surface area contributed by atoms with Crippen LogP contribution in [0.1, 0.15) is 6.92 Å². The third-order valence-electron chi connectivity index (χ3n) is 4.59. The third kappa shape index (κ3) is 3.57. The number of fused-ring (bicyclic) bond motifs is 1. The predicted molar refractivity (Wildman–Crippen MR) is 103 cm³/mol. The fraction of sp³-hybridized carbons (Fsp3) is 0.316. The van der Waals surface area contributed by atoms with Crippen LogP contribution in [0, 0.1) is 11.6 Å². The zero-order valence-electron chi connectivity index (χ0n) is 15.4. The molecule has 7 nitrogen and oxygen atoms in total. The first-order valence-corrected chi connectivity index (χ1v) is 9.28. The summed E-state index contributed by atoms with van der Waals surface area (Å²) >= 11 is 5.72. The summed E-state index contributed by atoms with van der Waals surface area (Å²) in [6.07, 6.45) is 2.02. The van der Waals surface area contributed by atoms with Crippen LogP contribution in [0.3, 0.4) is 0 Å². The van der Waals surface area contributed by atoms with Crippen molar-refractivity contribution in [2.24, 2.45) is 0 Å². The Morgan fingerprint density at radius 2 is 2.00 bits per heavy atom. The number of ether oxygens (including phenoxy) is 3. The van der Waals surface area contributed by atoms with Crippen molar-refractivity contribution in [1.82, 2.24) is 15.0 Å². The van der Waals surface area contributed by atoms with Crippen LogP contribution < -0.4 is 10.5 Å². The van der Waals surface area contributed by atoms with Crippen molar-refractivity contribution in [2.75, 3.05) is 25.6 Å². The maximum atomic E-state index is 14.6. The maximum absolute atomic E-state index is 14.6. The van der Waals surface area contributed by atoms with Gasteiger partial charge in [-0.15, -0.1) is 0 Å². The van der Waals surface area contributed by atoms with E-state index >= 15 is 0 Å². The summed E-state index contributed by atoms with van der Waals surface area (Å²) < 4.78 is 45.3. The van der Waals surface area contributed by atoms with Gasteiger partial charge in [-0.25, -0.2) is 23.7 Å². The molecule has 1 saturated heterocycles. The first kappa shape index (κ1) is 19.7. The molecule has 1 aliphatic heterocycles. The molecule has 1 fully saturated rings. The Balaban J connectivity index is 1.82. The summed E-state index contributed by atoms with van der Waals surface area (Å²) in [4.78, 5) is 12.5. The Morgan fingerprint density at radius 3 is 2.79 bits per heavy atom. The van der Waals surface area contributed by atoms with Gasteiger partial charge < -0.3 is 19.9 Å². The van der Waals surface area contributed by atoms with E-state index in [2.05, 4.69) is 15.0 Å². The number of halogens is 3. The van der Waals surface area contributed by atoms with Gasteiger partial charge in [0.05, 0.1) is 30.5 Å². The molecule has 1 aliphatic rings. The predicted octanol–water partition coefficient (Wildman–Crippen LogP) is 3.39. The van der Waals surface area contributed by atoms with Crippen LogP contribution in [0.5, 0.6) is 5.75 Å². The van der Waals surface area contributed by atoms with Gasteiger partial charge in [0.15, 0.2) is 17.7 Å². The van der Waals surface area contributed by atoms with E-state index in [-0.39, 0.29) is 34.8 Å². The average Bonchev–Trinajstić information content (AvgIpc) is 3.14. The molecule has 0 spiro atoms. The molecule has 4 rings (SSSR count). The lowest BCUT2D eigenvalue weighted by atomic mass is 10.1. The molecule has 0 unspecified atom stereocenters. The van der Waals surface area contributed by atoms with Gasteiger partial charge >= 0.3 is 0 Å². The molecule has 0 bridgehead atoms. The molecule has 0 aliphatic carbocycles. The van der Waals surface area contributed by atoms with Gasteiger partial charge in [0, 0.05) is 12.2 Å². The third-order valence-corrected chi connectivity index (χ3v) is 4.93. The van der Waals surface area contributed by atoms with Gasteiger partial charge in [0.1, 0.15) is 34.6 Å². The highest BCUT2D eigenvalue weighted by Gasteiger charge is 2.32. The minimum Gasteiger partial charge on any atom is -0.483 e. The molecule has 10 heteroatoms. The molecule has 2 N–H and O–H groups in total. The second-order valence-corrected chi connectivity index (χ2v) is 6.74. The molecule has 1 aromatic carbocycles. The number of benzene rings is 1. The molecule has 3 aromatic rings. The van der Waals surface area contributed by atoms with E-state index in [4.69, 9.17) is 31.5 Å². The SMILES string of the molecule is CCO[C@@H]1COC[C@H]1Oc1cnc(-c2ccc(F)c(Cl)c2F)c2ncnc(N)c12. The molecular weight excluding hydrogens is 406 g/mol. The van der Waals surface area contributed by atoms with Crippen LogP contribution in [0.2, 0.25) is 5.02 Å². The smallest absolute Gasteiger partial charge is 0.154 e. The number of rotatable bonds is 5. The van der Waals surface area contributed by atoms with E-state index < -0.39 is 16.7 Å². The summed E-state index contributed by atoms with van der Waals surface area (Å²) in [7, 11) is 0. The molecular formula is C19H17ClF2N4O3. The fourth-order valence-corrected chi connectivity index (χ4v) is 3.39. The number of nitrogen functional groups attached to an aromatic ring is 1. The van der Waals surface area contributed by atoms with Crippen LogP contribution >= 0.6 is 11.6 Å². The Kier molecular flexibility index (Phi) is 5.44. The van der Waals surface area contributed by atoms with Crippen molar-refractivity contribution in [1.29, 1.82) is 0 Å². The molecule has 152 valence electrons. The highest BCUT2D eigenvalue weighted by molar-refractivity contribution is 6.31. The standard InChI is InChI=1S/C19H17ClF2N4O3/c1-2-28-12-6-27-7-13(12)29-11-5-24-17(18-14(11)19(23)26-8-25-18)9-3-4-10(21)15(20)16(9)22/h3-5,8,12-13H,2,6-7H2,1H3,(H2,23,25,26)/t12-,13-/m1/s1. The number of aromatic nitrogens is 3. The summed E-state index contributed by atoms with van der Waals surface area (Å²) in [5.74, 6) is -1.36. The second-order valence-electron chi connectivity index (χ2n) is 6.36. The summed E-state index contributed by atoms with van der Waals surface area (Å²) in [5, 5.41) is -0.262. The highest BCUT2D eigenvalue weighted by atomic mass is 35.5. The van der Waals surface area contributed by atoms with E-state index in [1.165, 1.54) is 18.6 Å². The van der Waals surface area contributed by atoms with Gasteiger partial charge in [-0.3, -0.25) is 0 Å². The zero-order valence-corrected chi connectivity index (χ0v) is 16.1. The van der Waals surface area contributed by atoms with Crippen molar-refractivity contribution in [3.05, 3.63) is 41.3 Å². The number of anilines is 1. The molecule has 0 saturated carbocycles. The van der Waals surface area contributed by atoms with E-state index in [9.17, 15) is 8.78 Å². The van der Waals surface area contributed by atoms with Crippen molar-refractivity contribution >= 4 is 28.3 Å². The molecule has 3 heterocycles. The van der Waals surface area contributed by atoms with Gasteiger partial charge in [0.25, 0.3) is 0 Å². The van der Waals surface area contributed by atoms with Gasteiger partial charge in [-0.1, -0.05) is 11.6 Å². The Morgan fingerprint density at radius 1 is 1.21 bits per heavy atom. The quantitative estimate of drug-likeness (QED) is 0.630. The molecule has 2 atom stereocenters. The number of nitrogens with zero attached hydrogens (tertiary/aromatic N) is 3. The molecule has 0 amide bonds. The van der Waals surface area contributed by atoms with Crippen LogP contribution in [0.25, 0.3) is 22.2 Å². The number of nitrogens with two attached hydrogens (primary N) is 1. The maximum Gasteiger partial charge on any atom is 0.154 e. The largest absolute Gasteiger partial charge is 0.483 e. The van der Waals surface area contributed by atoms with Gasteiger partial charge in [-0.05, 0) is 19.1 Å². The normalized spacial score (nSPS) is 19.0. The zero-order chi connectivity index (χ0) is 20.5. The van der Waals surface area contributed by atoms with E-state index in [0.29, 0.717) is 31.0 Å². The lowest BCUT2D eigenvalue weighted by molar-refractivity contribution is 0.00659. The van der Waals surface area contributed by atoms with Crippen LogP contribution in [0.4, 0.5) is 14.6 Å². The van der Waals surface area contributed by atoms with E-state index in [1.54, 1.807) is 0 Å². The Hall–Kier alpha value is -2.62. The van der Waals surface area contributed by atoms with Crippen molar-refractivity contribution in [3.8, 4) is 17.0 Å². The first-order chi connectivity index (χ1) is 14.0. The molecule has 0 radical (unpaired) electrons. The summed E-state index contributed by atoms with van der Waals surface area (Å²) in [6.45, 7) is 3.15. The van der Waals surface area contributed by atoms with Crippen molar-refractivity contribution in [3.63, 3.8) is 0 Å². The van der Waals surface area contributed by atoms with Crippen LogP contribution in [-0.2, 0) is 9.47 Å². The van der Waals surface area contributed by atoms with Crippen LogP contribution in [-0.4, -0.2) is 47.0 Å². The Bertz CT molecular complexity index is 1070. The van der Waals surface area contributed by atoms with E-state index in [0.717, 1.165) is 6.07 Å². The minimum atomic E-state index is -0.938. The van der Waals surface area contributed by atoms with Gasteiger partial charge in [-0.2, -0.15) is 0 Å². The molecule has 29 heavy (non-hydrogen) atoms. The van der Waals surface area contributed by atoms with Gasteiger partial charge in [0.2, 0.25) is 0 Å². The van der Waals surface area contributed by atoms with Crippen LogP contribution in [0.15, 0.2) is 24.7 Å². The molecule has 2 aromatic heterocycles. The summed E-state index contributed by atoms with van der Waals surface area (Å²) in [6, 6.07) is 2.30. The van der Waals surface area contributed by atoms with Crippen molar-refractivity contribution in [2.45, 2.75) is 19.1 Å². The highest BCUT2D eigenvalue weighted by Crippen LogP contribution is 2.37. The van der Waals surface area contributed by atoms with E-state index in [1.807, 2.05) is 6.92 Å². The second kappa shape index (κ2) is 8.02. The fourth-order valence-electron chi connectivity index (χ4n) is 3.22. The summed E-state index contributed by atoms with van der Waals surface area (Å²) in [5.41, 5.74) is 6.45. The number of hydrogen-bond donors (Lipinski definition) is 1. The number of hydrogen-bond acceptors (Lipinski definition) is 7. The Labute approximate surface area is 169 Å². The number of pyridine rings is 1. The lowest BCUT2D eigenvalue weighted by Gasteiger charge is -2.20. The topological polar surface area (TPSA) is 92.4 Å². The lowest BCUT2D eigenvalue weighted by Crippen LogP contribution is -2.32. The first-order valence-electron chi connectivity index (χ1n) is 8.90. The average molecular weight is 423 g/mol. The minimum absolute atomic E-state index is 0.0116.